The van der Waals surface area contributed by atoms with Crippen LogP contribution in [0.5, 0.6) is 5.75 Å². The van der Waals surface area contributed by atoms with Crippen LogP contribution < -0.4 is 9.64 Å². The van der Waals surface area contributed by atoms with Crippen molar-refractivity contribution in [2.45, 2.75) is 39.8 Å². The van der Waals surface area contributed by atoms with Gasteiger partial charge in [-0.3, -0.25) is 9.69 Å². The lowest BCUT2D eigenvalue weighted by Crippen LogP contribution is -2.36. The number of carboxylic acids is 1. The van der Waals surface area contributed by atoms with E-state index in [0.29, 0.717) is 19.4 Å². The fourth-order valence-electron chi connectivity index (χ4n) is 5.01. The Balaban J connectivity index is 1.26. The van der Waals surface area contributed by atoms with Crippen molar-refractivity contribution in [3.05, 3.63) is 64.0 Å². The van der Waals surface area contributed by atoms with Gasteiger partial charge in [0.2, 0.25) is 0 Å². The molecule has 1 aromatic heterocycles. The lowest BCUT2D eigenvalue weighted by Gasteiger charge is -2.29. The number of ether oxygens (including phenoxy) is 1. The summed E-state index contributed by atoms with van der Waals surface area (Å²) in [5.74, 6) is 2.36. The SMILES string of the molecule is Cc1ccc(OCc2ccc(CN3CCSCC3)cc2C)c(-c2csc(N3CCC(C(=O)O)CC3)n2)c1. The molecule has 6 nitrogen and oxygen atoms in total. The van der Waals surface area contributed by atoms with Crippen LogP contribution in [0.25, 0.3) is 11.3 Å². The summed E-state index contributed by atoms with van der Waals surface area (Å²) in [6, 6.07) is 13.0. The van der Waals surface area contributed by atoms with E-state index < -0.39 is 5.97 Å². The van der Waals surface area contributed by atoms with E-state index in [4.69, 9.17) is 9.72 Å². The number of nitrogens with zero attached hydrogens (tertiary/aromatic N) is 3. The average Bonchev–Trinajstić information content (AvgIpc) is 3.40. The molecule has 0 bridgehead atoms. The molecule has 2 aliphatic heterocycles. The Morgan fingerprint density at radius 3 is 2.59 bits per heavy atom. The Kier molecular flexibility index (Phi) is 8.37. The third kappa shape index (κ3) is 6.48. The molecule has 2 saturated heterocycles. The number of carbonyl (C=O) groups is 1. The van der Waals surface area contributed by atoms with Crippen LogP contribution in [0, 0.1) is 19.8 Å². The monoisotopic (exact) mass is 537 g/mol. The van der Waals surface area contributed by atoms with E-state index in [9.17, 15) is 9.90 Å². The first-order valence-electron chi connectivity index (χ1n) is 13.0. The number of piperidine rings is 1. The van der Waals surface area contributed by atoms with Gasteiger partial charge < -0.3 is 14.7 Å². The predicted octanol–water partition coefficient (Wildman–Crippen LogP) is 5.86. The highest BCUT2D eigenvalue weighted by Gasteiger charge is 2.26. The van der Waals surface area contributed by atoms with E-state index in [0.717, 1.165) is 47.3 Å². The molecule has 0 unspecified atom stereocenters. The number of aryl methyl sites for hydroxylation is 2. The minimum atomic E-state index is -0.688. The summed E-state index contributed by atoms with van der Waals surface area (Å²) in [5, 5.41) is 12.3. The quantitative estimate of drug-likeness (QED) is 0.386. The summed E-state index contributed by atoms with van der Waals surface area (Å²) in [7, 11) is 0. The molecule has 3 aromatic rings. The normalized spacial score (nSPS) is 17.2. The van der Waals surface area contributed by atoms with Crippen LogP contribution in [0.4, 0.5) is 5.13 Å². The number of hydrogen-bond acceptors (Lipinski definition) is 7. The fourth-order valence-corrected chi connectivity index (χ4v) is 6.87. The number of thiazole rings is 1. The van der Waals surface area contributed by atoms with Gasteiger partial charge in [0, 0.05) is 55.2 Å². The second-order valence-electron chi connectivity index (χ2n) is 10.1. The lowest BCUT2D eigenvalue weighted by molar-refractivity contribution is -0.142. The highest BCUT2D eigenvalue weighted by atomic mass is 32.2. The molecule has 1 N–H and O–H groups in total. The standard InChI is InChI=1S/C29H35N3O3S2/c1-20-3-6-27(35-18-24-5-4-22(16-21(24)2)17-31-11-13-36-14-12-31)25(15-20)26-19-37-29(30-26)32-9-7-23(8-10-32)28(33)34/h3-6,15-16,19,23H,7-14,17-18H2,1-2H3,(H,33,34). The zero-order chi connectivity index (χ0) is 25.8. The molecule has 2 aliphatic rings. The van der Waals surface area contributed by atoms with Gasteiger partial charge in [0.15, 0.2) is 5.13 Å². The maximum absolute atomic E-state index is 11.3. The number of rotatable bonds is 8. The van der Waals surface area contributed by atoms with E-state index in [1.165, 1.54) is 41.3 Å². The third-order valence-corrected chi connectivity index (χ3v) is 9.16. The van der Waals surface area contributed by atoms with Crippen LogP contribution in [0.1, 0.15) is 35.1 Å². The van der Waals surface area contributed by atoms with Gasteiger partial charge in [-0.2, -0.15) is 11.8 Å². The van der Waals surface area contributed by atoms with Gasteiger partial charge in [0.1, 0.15) is 12.4 Å². The van der Waals surface area contributed by atoms with Gasteiger partial charge >= 0.3 is 5.97 Å². The number of thioether (sulfide) groups is 1. The van der Waals surface area contributed by atoms with Gasteiger partial charge in [-0.1, -0.05) is 29.8 Å². The van der Waals surface area contributed by atoms with E-state index in [-0.39, 0.29) is 5.92 Å². The largest absolute Gasteiger partial charge is 0.488 e. The minimum absolute atomic E-state index is 0.242. The first kappa shape index (κ1) is 26.1. The molecule has 2 fully saturated rings. The molecule has 0 radical (unpaired) electrons. The Labute approximate surface area is 227 Å². The minimum Gasteiger partial charge on any atom is -0.488 e. The van der Waals surface area contributed by atoms with Crippen LogP contribution in [-0.4, -0.2) is 58.6 Å². The second-order valence-corrected chi connectivity index (χ2v) is 12.1. The fraction of sp³-hybridized carbons (Fsp3) is 0.448. The maximum Gasteiger partial charge on any atom is 0.306 e. The Bertz CT molecular complexity index is 1230. The molecule has 0 spiro atoms. The summed E-state index contributed by atoms with van der Waals surface area (Å²) in [4.78, 5) is 21.0. The topological polar surface area (TPSA) is 65.9 Å². The number of benzene rings is 2. The van der Waals surface area contributed by atoms with Crippen LogP contribution >= 0.6 is 23.1 Å². The number of aromatic nitrogens is 1. The molecule has 0 aliphatic carbocycles. The number of anilines is 1. The van der Waals surface area contributed by atoms with Crippen molar-refractivity contribution in [1.29, 1.82) is 0 Å². The van der Waals surface area contributed by atoms with Crippen molar-refractivity contribution in [2.75, 3.05) is 42.6 Å². The molecular formula is C29H35N3O3S2. The summed E-state index contributed by atoms with van der Waals surface area (Å²) in [5.41, 5.74) is 6.90. The van der Waals surface area contributed by atoms with Gasteiger partial charge in [-0.25, -0.2) is 4.98 Å². The third-order valence-electron chi connectivity index (χ3n) is 7.32. The first-order chi connectivity index (χ1) is 18.0. The molecule has 5 rings (SSSR count). The molecular weight excluding hydrogens is 502 g/mol. The van der Waals surface area contributed by atoms with Crippen LogP contribution in [0.3, 0.4) is 0 Å². The highest BCUT2D eigenvalue weighted by molar-refractivity contribution is 7.99. The summed E-state index contributed by atoms with van der Waals surface area (Å²) in [6.07, 6.45) is 1.33. The number of carboxylic acid groups (broad SMARTS) is 1. The zero-order valence-electron chi connectivity index (χ0n) is 21.6. The second kappa shape index (κ2) is 11.9. The van der Waals surface area contributed by atoms with Gasteiger partial charge in [0.25, 0.3) is 0 Å². The van der Waals surface area contributed by atoms with Gasteiger partial charge in [0.05, 0.1) is 11.6 Å². The Hall–Kier alpha value is -2.55. The Morgan fingerprint density at radius 2 is 1.86 bits per heavy atom. The van der Waals surface area contributed by atoms with Gasteiger partial charge in [-0.05, 0) is 55.5 Å². The molecule has 8 heteroatoms. The van der Waals surface area contributed by atoms with Crippen molar-refractivity contribution in [3.8, 4) is 17.0 Å². The Morgan fingerprint density at radius 1 is 1.08 bits per heavy atom. The highest BCUT2D eigenvalue weighted by Crippen LogP contribution is 2.36. The summed E-state index contributed by atoms with van der Waals surface area (Å²) < 4.78 is 6.37. The summed E-state index contributed by atoms with van der Waals surface area (Å²) in [6.45, 7) is 9.59. The van der Waals surface area contributed by atoms with Crippen molar-refractivity contribution < 1.29 is 14.6 Å². The van der Waals surface area contributed by atoms with Crippen molar-refractivity contribution in [1.82, 2.24) is 9.88 Å². The van der Waals surface area contributed by atoms with Crippen molar-refractivity contribution in [2.24, 2.45) is 5.92 Å². The predicted molar refractivity (Wildman–Crippen MR) is 153 cm³/mol. The maximum atomic E-state index is 11.3. The first-order valence-corrected chi connectivity index (χ1v) is 15.1. The van der Waals surface area contributed by atoms with Crippen LogP contribution in [0.15, 0.2) is 41.8 Å². The average molecular weight is 538 g/mol. The molecule has 37 heavy (non-hydrogen) atoms. The molecule has 0 saturated carbocycles. The van der Waals surface area contributed by atoms with E-state index >= 15 is 0 Å². The molecule has 0 amide bonds. The number of aliphatic carboxylic acids is 1. The molecule has 3 heterocycles. The molecule has 2 aromatic carbocycles. The van der Waals surface area contributed by atoms with Crippen molar-refractivity contribution in [3.63, 3.8) is 0 Å². The smallest absolute Gasteiger partial charge is 0.306 e. The molecule has 0 atom stereocenters. The van der Waals surface area contributed by atoms with E-state index in [1.807, 2.05) is 17.8 Å². The van der Waals surface area contributed by atoms with Crippen LogP contribution in [-0.2, 0) is 17.9 Å². The van der Waals surface area contributed by atoms with E-state index in [2.05, 4.69) is 59.4 Å². The van der Waals surface area contributed by atoms with Crippen molar-refractivity contribution >= 4 is 34.2 Å². The van der Waals surface area contributed by atoms with Crippen LogP contribution in [0.2, 0.25) is 0 Å². The van der Waals surface area contributed by atoms with E-state index in [1.54, 1.807) is 11.3 Å². The molecule has 196 valence electrons. The lowest BCUT2D eigenvalue weighted by atomic mass is 9.97. The van der Waals surface area contributed by atoms with Gasteiger partial charge in [-0.15, -0.1) is 11.3 Å². The summed E-state index contributed by atoms with van der Waals surface area (Å²) >= 11 is 3.66. The zero-order valence-corrected chi connectivity index (χ0v) is 23.2. The number of hydrogen-bond donors (Lipinski definition) is 1.